The average Bonchev–Trinajstić information content (AvgIpc) is 2.35. The Balaban J connectivity index is 2.44. The maximum Gasteiger partial charge on any atom is 0.0618 e. The van der Waals surface area contributed by atoms with E-state index < -0.39 is 0 Å². The molecule has 0 amide bonds. The van der Waals surface area contributed by atoms with Gasteiger partial charge in [-0.1, -0.05) is 25.1 Å². The first-order valence-electron chi connectivity index (χ1n) is 5.74. The average molecular weight is 239 g/mol. The summed E-state index contributed by atoms with van der Waals surface area (Å²) in [5.41, 5.74) is -0.184. The number of hydrogen-bond acceptors (Lipinski definition) is 3. The van der Waals surface area contributed by atoms with Gasteiger partial charge in [-0.05, 0) is 32.0 Å². The molecule has 0 saturated heterocycles. The Bertz CT molecular complexity index is 291. The van der Waals surface area contributed by atoms with E-state index in [0.29, 0.717) is 0 Å². The van der Waals surface area contributed by atoms with Crippen molar-refractivity contribution in [1.29, 1.82) is 0 Å². The van der Waals surface area contributed by atoms with Crippen LogP contribution in [0.2, 0.25) is 0 Å². The zero-order valence-corrected chi connectivity index (χ0v) is 10.9. The van der Waals surface area contributed by atoms with Crippen LogP contribution in [-0.2, 0) is 0 Å². The zero-order valence-electron chi connectivity index (χ0n) is 10.1. The Hall–Kier alpha value is -0.510. The monoisotopic (exact) mass is 239 g/mol. The molecule has 0 aliphatic heterocycles. The smallest absolute Gasteiger partial charge is 0.0618 e. The maximum atomic E-state index is 9.41. The van der Waals surface area contributed by atoms with Crippen LogP contribution in [0.15, 0.2) is 35.2 Å². The predicted molar refractivity (Wildman–Crippen MR) is 71.0 cm³/mol. The van der Waals surface area contributed by atoms with Gasteiger partial charge in [0.1, 0.15) is 0 Å². The summed E-state index contributed by atoms with van der Waals surface area (Å²) in [7, 11) is 0. The van der Waals surface area contributed by atoms with Gasteiger partial charge in [0.15, 0.2) is 0 Å². The topological polar surface area (TPSA) is 32.3 Å². The molecule has 1 rings (SSSR count). The third-order valence-corrected chi connectivity index (χ3v) is 3.84. The molecule has 0 aromatic heterocycles. The summed E-state index contributed by atoms with van der Waals surface area (Å²) in [6.45, 7) is 5.33. The lowest BCUT2D eigenvalue weighted by Crippen LogP contribution is -2.48. The number of aliphatic hydroxyl groups excluding tert-OH is 1. The molecule has 1 atom stereocenters. The van der Waals surface area contributed by atoms with Gasteiger partial charge in [0.05, 0.1) is 6.61 Å². The first-order chi connectivity index (χ1) is 7.70. The van der Waals surface area contributed by atoms with Gasteiger partial charge in [-0.3, -0.25) is 0 Å². The summed E-state index contributed by atoms with van der Waals surface area (Å²) < 4.78 is 0. The Kier molecular flexibility index (Phi) is 5.88. The molecule has 0 aliphatic carbocycles. The van der Waals surface area contributed by atoms with E-state index in [0.717, 1.165) is 18.7 Å². The molecular formula is C13H21NOS. The molecular weight excluding hydrogens is 218 g/mol. The van der Waals surface area contributed by atoms with E-state index in [1.807, 2.05) is 18.2 Å². The lowest BCUT2D eigenvalue weighted by Gasteiger charge is -2.28. The zero-order chi connectivity index (χ0) is 11.9. The van der Waals surface area contributed by atoms with Gasteiger partial charge in [-0.25, -0.2) is 0 Å². The normalized spacial score (nSPS) is 14.7. The van der Waals surface area contributed by atoms with E-state index in [4.69, 9.17) is 0 Å². The van der Waals surface area contributed by atoms with Crippen LogP contribution in [0, 0.1) is 0 Å². The molecule has 0 saturated carbocycles. The van der Waals surface area contributed by atoms with Crippen LogP contribution in [0.1, 0.15) is 20.3 Å². The van der Waals surface area contributed by atoms with Crippen molar-refractivity contribution in [3.8, 4) is 0 Å². The van der Waals surface area contributed by atoms with Gasteiger partial charge in [0, 0.05) is 16.2 Å². The Morgan fingerprint density at radius 3 is 2.56 bits per heavy atom. The minimum absolute atomic E-state index is 0.173. The van der Waals surface area contributed by atoms with E-state index in [9.17, 15) is 5.11 Å². The van der Waals surface area contributed by atoms with Gasteiger partial charge < -0.3 is 10.4 Å². The summed E-state index contributed by atoms with van der Waals surface area (Å²) in [5, 5.41) is 12.8. The summed E-state index contributed by atoms with van der Waals surface area (Å²) in [5.74, 6) is 0.882. The molecule has 2 nitrogen and oxygen atoms in total. The molecule has 1 aromatic carbocycles. The molecule has 1 aromatic rings. The van der Waals surface area contributed by atoms with Gasteiger partial charge in [-0.2, -0.15) is 0 Å². The first kappa shape index (κ1) is 13.6. The van der Waals surface area contributed by atoms with Crippen LogP contribution in [0.3, 0.4) is 0 Å². The molecule has 0 fully saturated rings. The highest BCUT2D eigenvalue weighted by Gasteiger charge is 2.22. The molecule has 0 radical (unpaired) electrons. The van der Waals surface area contributed by atoms with E-state index >= 15 is 0 Å². The second kappa shape index (κ2) is 6.94. The van der Waals surface area contributed by atoms with Crippen molar-refractivity contribution < 1.29 is 5.11 Å². The summed E-state index contributed by atoms with van der Waals surface area (Å²) >= 11 is 1.78. The van der Waals surface area contributed by atoms with E-state index in [1.54, 1.807) is 11.8 Å². The van der Waals surface area contributed by atoms with Crippen molar-refractivity contribution >= 4 is 11.8 Å². The fourth-order valence-corrected chi connectivity index (χ4v) is 2.37. The molecule has 0 spiro atoms. The van der Waals surface area contributed by atoms with Crippen molar-refractivity contribution in [3.63, 3.8) is 0 Å². The highest BCUT2D eigenvalue weighted by Crippen LogP contribution is 2.22. The quantitative estimate of drug-likeness (QED) is 0.717. The van der Waals surface area contributed by atoms with Gasteiger partial charge >= 0.3 is 0 Å². The van der Waals surface area contributed by atoms with Crippen LogP contribution < -0.4 is 5.32 Å². The fraction of sp³-hybridized carbons (Fsp3) is 0.538. The SMILES string of the molecule is CCCNC(C)(CO)CSc1ccccc1. The van der Waals surface area contributed by atoms with E-state index in [1.165, 1.54) is 4.90 Å². The van der Waals surface area contributed by atoms with Crippen molar-refractivity contribution in [2.45, 2.75) is 30.7 Å². The standard InChI is InChI=1S/C13H21NOS/c1-3-9-14-13(2,10-15)11-16-12-7-5-4-6-8-12/h4-8,14-15H,3,9-11H2,1-2H3. The largest absolute Gasteiger partial charge is 0.394 e. The van der Waals surface area contributed by atoms with Crippen LogP contribution in [-0.4, -0.2) is 29.5 Å². The first-order valence-corrected chi connectivity index (χ1v) is 6.72. The van der Waals surface area contributed by atoms with Crippen LogP contribution >= 0.6 is 11.8 Å². The van der Waals surface area contributed by atoms with Crippen LogP contribution in [0.4, 0.5) is 0 Å². The summed E-state index contributed by atoms with van der Waals surface area (Å²) in [6.07, 6.45) is 1.09. The number of rotatable bonds is 7. The van der Waals surface area contributed by atoms with Crippen LogP contribution in [0.25, 0.3) is 0 Å². The minimum atomic E-state index is -0.184. The molecule has 0 bridgehead atoms. The van der Waals surface area contributed by atoms with Gasteiger partial charge in [-0.15, -0.1) is 11.8 Å². The molecule has 0 aliphatic rings. The molecule has 3 heteroatoms. The number of thioether (sulfide) groups is 1. The molecule has 16 heavy (non-hydrogen) atoms. The lowest BCUT2D eigenvalue weighted by molar-refractivity contribution is 0.192. The summed E-state index contributed by atoms with van der Waals surface area (Å²) in [4.78, 5) is 1.25. The highest BCUT2D eigenvalue weighted by molar-refractivity contribution is 7.99. The van der Waals surface area contributed by atoms with Crippen LogP contribution in [0.5, 0.6) is 0 Å². The number of benzene rings is 1. The van der Waals surface area contributed by atoms with Crippen molar-refractivity contribution in [3.05, 3.63) is 30.3 Å². The summed E-state index contributed by atoms with van der Waals surface area (Å²) in [6, 6.07) is 10.3. The second-order valence-electron chi connectivity index (χ2n) is 4.25. The van der Waals surface area contributed by atoms with E-state index in [-0.39, 0.29) is 12.1 Å². The van der Waals surface area contributed by atoms with Crippen molar-refractivity contribution in [1.82, 2.24) is 5.32 Å². The third kappa shape index (κ3) is 4.56. The Morgan fingerprint density at radius 2 is 2.00 bits per heavy atom. The van der Waals surface area contributed by atoms with Crippen molar-refractivity contribution in [2.24, 2.45) is 0 Å². The third-order valence-electron chi connectivity index (χ3n) is 2.45. The fourth-order valence-electron chi connectivity index (χ4n) is 1.34. The number of aliphatic hydroxyl groups is 1. The second-order valence-corrected chi connectivity index (χ2v) is 5.30. The lowest BCUT2D eigenvalue weighted by atomic mass is 10.1. The number of hydrogen-bond donors (Lipinski definition) is 2. The van der Waals surface area contributed by atoms with Crippen molar-refractivity contribution in [2.75, 3.05) is 18.9 Å². The highest BCUT2D eigenvalue weighted by atomic mass is 32.2. The molecule has 2 N–H and O–H groups in total. The predicted octanol–water partition coefficient (Wildman–Crippen LogP) is 2.53. The Labute approximate surface area is 102 Å². The Morgan fingerprint density at radius 1 is 1.31 bits per heavy atom. The molecule has 1 unspecified atom stereocenters. The molecule has 90 valence electrons. The van der Waals surface area contributed by atoms with Gasteiger partial charge in [0.25, 0.3) is 0 Å². The minimum Gasteiger partial charge on any atom is -0.394 e. The number of nitrogens with one attached hydrogen (secondary N) is 1. The maximum absolute atomic E-state index is 9.41. The van der Waals surface area contributed by atoms with E-state index in [2.05, 4.69) is 31.3 Å². The van der Waals surface area contributed by atoms with Gasteiger partial charge in [0.2, 0.25) is 0 Å². The molecule has 0 heterocycles.